The second-order valence-corrected chi connectivity index (χ2v) is 3.39. The minimum absolute atomic E-state index is 0.146. The van der Waals surface area contributed by atoms with Crippen LogP contribution >= 0.6 is 11.6 Å². The van der Waals surface area contributed by atoms with Crippen LogP contribution < -0.4 is 5.73 Å². The van der Waals surface area contributed by atoms with Gasteiger partial charge in [-0.1, -0.05) is 11.6 Å². The molecule has 5 heteroatoms. The summed E-state index contributed by atoms with van der Waals surface area (Å²) in [6.07, 6.45) is 1.51. The van der Waals surface area contributed by atoms with Gasteiger partial charge in [0.2, 0.25) is 5.95 Å². The lowest BCUT2D eigenvalue weighted by atomic mass is 10.1. The number of hydrogen-bond donors (Lipinski definition) is 1. The maximum absolute atomic E-state index is 13.1. The summed E-state index contributed by atoms with van der Waals surface area (Å²) in [4.78, 5) is 7.72. The summed E-state index contributed by atoms with van der Waals surface area (Å²) in [5, 5.41) is 0.321. The van der Waals surface area contributed by atoms with E-state index in [1.54, 1.807) is 12.1 Å². The highest BCUT2D eigenvalue weighted by atomic mass is 35.5. The average molecular weight is 224 g/mol. The number of aromatic nitrogens is 2. The first kappa shape index (κ1) is 9.86. The third-order valence-electron chi connectivity index (χ3n) is 1.83. The standard InChI is InChI=1S/C10H7ClFN3/c11-7-3-6(4-8(12)5-7)9-1-2-14-10(13)15-9/h1-5H,(H2,13,14,15). The van der Waals surface area contributed by atoms with Gasteiger partial charge in [0, 0.05) is 16.8 Å². The zero-order chi connectivity index (χ0) is 10.8. The maximum atomic E-state index is 13.1. The van der Waals surface area contributed by atoms with Crippen LogP contribution in [-0.2, 0) is 0 Å². The zero-order valence-electron chi connectivity index (χ0n) is 7.61. The summed E-state index contributed by atoms with van der Waals surface area (Å²) in [7, 11) is 0. The molecule has 0 spiro atoms. The number of anilines is 1. The van der Waals surface area contributed by atoms with Crippen molar-refractivity contribution in [2.45, 2.75) is 0 Å². The summed E-state index contributed by atoms with van der Waals surface area (Å²) in [5.41, 5.74) is 6.55. The van der Waals surface area contributed by atoms with Gasteiger partial charge in [0.05, 0.1) is 5.69 Å². The van der Waals surface area contributed by atoms with Crippen LogP contribution in [0.15, 0.2) is 30.5 Å². The van der Waals surface area contributed by atoms with Crippen molar-refractivity contribution in [3.8, 4) is 11.3 Å². The van der Waals surface area contributed by atoms with E-state index in [9.17, 15) is 4.39 Å². The molecule has 1 heterocycles. The highest BCUT2D eigenvalue weighted by Gasteiger charge is 2.03. The third-order valence-corrected chi connectivity index (χ3v) is 2.05. The molecule has 0 bridgehead atoms. The van der Waals surface area contributed by atoms with Crippen molar-refractivity contribution < 1.29 is 4.39 Å². The van der Waals surface area contributed by atoms with Crippen LogP contribution in [0, 0.1) is 5.82 Å². The Hall–Kier alpha value is -1.68. The highest BCUT2D eigenvalue weighted by Crippen LogP contribution is 2.22. The summed E-state index contributed by atoms with van der Waals surface area (Å²) in [6, 6.07) is 5.83. The van der Waals surface area contributed by atoms with Gasteiger partial charge in [0.15, 0.2) is 0 Å². The van der Waals surface area contributed by atoms with Crippen molar-refractivity contribution in [2.24, 2.45) is 0 Å². The maximum Gasteiger partial charge on any atom is 0.220 e. The van der Waals surface area contributed by atoms with E-state index in [-0.39, 0.29) is 5.95 Å². The lowest BCUT2D eigenvalue weighted by Crippen LogP contribution is -1.95. The topological polar surface area (TPSA) is 51.8 Å². The SMILES string of the molecule is Nc1nccc(-c2cc(F)cc(Cl)c2)n1. The molecule has 2 rings (SSSR count). The molecule has 0 saturated heterocycles. The first-order valence-corrected chi connectivity index (χ1v) is 4.58. The number of nitrogens with zero attached hydrogens (tertiary/aromatic N) is 2. The summed E-state index contributed by atoms with van der Waals surface area (Å²) < 4.78 is 13.1. The molecular formula is C10H7ClFN3. The molecule has 1 aromatic heterocycles. The fourth-order valence-corrected chi connectivity index (χ4v) is 1.46. The van der Waals surface area contributed by atoms with Gasteiger partial charge in [-0.25, -0.2) is 14.4 Å². The molecule has 0 aliphatic carbocycles. The Labute approximate surface area is 90.7 Å². The molecule has 2 aromatic rings. The monoisotopic (exact) mass is 223 g/mol. The van der Waals surface area contributed by atoms with Crippen molar-refractivity contribution in [1.29, 1.82) is 0 Å². The molecule has 2 N–H and O–H groups in total. The fourth-order valence-electron chi connectivity index (χ4n) is 1.24. The van der Waals surface area contributed by atoms with E-state index in [2.05, 4.69) is 9.97 Å². The van der Waals surface area contributed by atoms with Crippen LogP contribution in [0.4, 0.5) is 10.3 Å². The van der Waals surface area contributed by atoms with Crippen LogP contribution in [-0.4, -0.2) is 9.97 Å². The first-order chi connectivity index (χ1) is 7.15. The molecule has 15 heavy (non-hydrogen) atoms. The van der Waals surface area contributed by atoms with Crippen molar-refractivity contribution in [1.82, 2.24) is 9.97 Å². The van der Waals surface area contributed by atoms with Crippen molar-refractivity contribution in [2.75, 3.05) is 5.73 Å². The Bertz CT molecular complexity index is 482. The molecule has 3 nitrogen and oxygen atoms in total. The Kier molecular flexibility index (Phi) is 2.51. The minimum Gasteiger partial charge on any atom is -0.368 e. The second kappa shape index (κ2) is 3.82. The molecule has 0 amide bonds. The quantitative estimate of drug-likeness (QED) is 0.808. The molecule has 0 radical (unpaired) electrons. The largest absolute Gasteiger partial charge is 0.368 e. The Balaban J connectivity index is 2.54. The fraction of sp³-hybridized carbons (Fsp3) is 0. The van der Waals surface area contributed by atoms with Gasteiger partial charge in [-0.2, -0.15) is 0 Å². The van der Waals surface area contributed by atoms with E-state index in [1.165, 1.54) is 18.3 Å². The molecular weight excluding hydrogens is 217 g/mol. The van der Waals surface area contributed by atoms with Gasteiger partial charge >= 0.3 is 0 Å². The van der Waals surface area contributed by atoms with Crippen LogP contribution in [0.2, 0.25) is 5.02 Å². The molecule has 0 atom stereocenters. The van der Waals surface area contributed by atoms with Crippen LogP contribution in [0.5, 0.6) is 0 Å². The third kappa shape index (κ3) is 2.22. The average Bonchev–Trinajstić information content (AvgIpc) is 2.16. The normalized spacial score (nSPS) is 10.3. The van der Waals surface area contributed by atoms with Gasteiger partial charge in [0.25, 0.3) is 0 Å². The number of nitrogens with two attached hydrogens (primary N) is 1. The molecule has 0 unspecified atom stereocenters. The zero-order valence-corrected chi connectivity index (χ0v) is 8.37. The van der Waals surface area contributed by atoms with E-state index in [0.29, 0.717) is 16.3 Å². The predicted molar refractivity (Wildman–Crippen MR) is 56.8 cm³/mol. The number of rotatable bonds is 1. The van der Waals surface area contributed by atoms with Crippen LogP contribution in [0.1, 0.15) is 0 Å². The van der Waals surface area contributed by atoms with Crippen LogP contribution in [0.25, 0.3) is 11.3 Å². The predicted octanol–water partition coefficient (Wildman–Crippen LogP) is 2.52. The minimum atomic E-state index is -0.408. The number of hydrogen-bond acceptors (Lipinski definition) is 3. The van der Waals surface area contributed by atoms with Gasteiger partial charge in [-0.05, 0) is 24.3 Å². The Morgan fingerprint density at radius 3 is 2.73 bits per heavy atom. The summed E-state index contributed by atoms with van der Waals surface area (Å²) >= 11 is 5.73. The summed E-state index contributed by atoms with van der Waals surface area (Å²) in [5.74, 6) is -0.262. The lowest BCUT2D eigenvalue weighted by Gasteiger charge is -2.02. The van der Waals surface area contributed by atoms with E-state index in [0.717, 1.165) is 0 Å². The van der Waals surface area contributed by atoms with Gasteiger partial charge in [0.1, 0.15) is 5.82 Å². The van der Waals surface area contributed by atoms with Gasteiger partial charge in [-0.3, -0.25) is 0 Å². The second-order valence-electron chi connectivity index (χ2n) is 2.96. The summed E-state index contributed by atoms with van der Waals surface area (Å²) in [6.45, 7) is 0. The molecule has 0 fully saturated rings. The van der Waals surface area contributed by atoms with E-state index in [4.69, 9.17) is 17.3 Å². The first-order valence-electron chi connectivity index (χ1n) is 4.20. The highest BCUT2D eigenvalue weighted by molar-refractivity contribution is 6.30. The van der Waals surface area contributed by atoms with E-state index >= 15 is 0 Å². The number of benzene rings is 1. The van der Waals surface area contributed by atoms with Gasteiger partial charge < -0.3 is 5.73 Å². The molecule has 0 aliphatic heterocycles. The van der Waals surface area contributed by atoms with Crippen LogP contribution in [0.3, 0.4) is 0 Å². The number of halogens is 2. The van der Waals surface area contributed by atoms with E-state index in [1.807, 2.05) is 0 Å². The Morgan fingerprint density at radius 1 is 1.27 bits per heavy atom. The van der Waals surface area contributed by atoms with E-state index < -0.39 is 5.82 Å². The van der Waals surface area contributed by atoms with Crippen molar-refractivity contribution in [3.05, 3.63) is 41.3 Å². The molecule has 0 aliphatic rings. The Morgan fingerprint density at radius 2 is 2.07 bits per heavy atom. The van der Waals surface area contributed by atoms with Gasteiger partial charge in [-0.15, -0.1) is 0 Å². The molecule has 0 saturated carbocycles. The van der Waals surface area contributed by atoms with Crippen molar-refractivity contribution in [3.63, 3.8) is 0 Å². The number of nitrogen functional groups attached to an aromatic ring is 1. The smallest absolute Gasteiger partial charge is 0.220 e. The molecule has 1 aromatic carbocycles. The molecule has 76 valence electrons. The lowest BCUT2D eigenvalue weighted by molar-refractivity contribution is 0.628. The van der Waals surface area contributed by atoms with Crippen molar-refractivity contribution >= 4 is 17.5 Å².